The molecule has 1 atom stereocenters. The Hall–Kier alpha value is -1.84. The van der Waals surface area contributed by atoms with Crippen molar-refractivity contribution in [2.75, 3.05) is 6.61 Å². The summed E-state index contributed by atoms with van der Waals surface area (Å²) in [4.78, 5) is 4.95. The lowest BCUT2D eigenvalue weighted by molar-refractivity contribution is 0.165. The fraction of sp³-hybridized carbons (Fsp3) is 0.200. The van der Waals surface area contributed by atoms with Crippen LogP contribution < -0.4 is 5.73 Å². The minimum absolute atomic E-state index is 0.102. The Labute approximate surface area is 81.9 Å². The highest BCUT2D eigenvalue weighted by atomic mass is 16.6. The summed E-state index contributed by atoms with van der Waals surface area (Å²) in [5, 5.41) is 11.3. The van der Waals surface area contributed by atoms with Crippen LogP contribution in [-0.2, 0) is 4.84 Å². The van der Waals surface area contributed by atoms with Crippen LogP contribution in [0.3, 0.4) is 0 Å². The molecular weight excluding hydrogens is 178 g/mol. The Morgan fingerprint density at radius 2 is 2.14 bits per heavy atom. The lowest BCUT2D eigenvalue weighted by atomic mass is 9.97. The van der Waals surface area contributed by atoms with Gasteiger partial charge in [-0.3, -0.25) is 5.41 Å². The summed E-state index contributed by atoms with van der Waals surface area (Å²) in [6, 6.07) is 9.65. The smallest absolute Gasteiger partial charge is 0.132 e. The van der Waals surface area contributed by atoms with Gasteiger partial charge in [0.25, 0.3) is 0 Å². The number of nitrogens with two attached hydrogens (primary N) is 1. The van der Waals surface area contributed by atoms with E-state index in [1.165, 1.54) is 0 Å². The molecule has 0 aromatic heterocycles. The number of hydrogen-bond donors (Lipinski definition) is 2. The summed E-state index contributed by atoms with van der Waals surface area (Å²) < 4.78 is 0. The highest BCUT2D eigenvalue weighted by Gasteiger charge is 2.26. The SMILES string of the molecule is N=C(N)C1CON=C1c1ccccc1. The molecule has 1 aromatic rings. The topological polar surface area (TPSA) is 71.5 Å². The molecule has 1 heterocycles. The van der Waals surface area contributed by atoms with Crippen molar-refractivity contribution in [3.8, 4) is 0 Å². The fourth-order valence-electron chi connectivity index (χ4n) is 1.42. The van der Waals surface area contributed by atoms with Crippen LogP contribution in [0.15, 0.2) is 35.5 Å². The Morgan fingerprint density at radius 1 is 1.43 bits per heavy atom. The maximum Gasteiger partial charge on any atom is 0.132 e. The van der Waals surface area contributed by atoms with E-state index in [1.807, 2.05) is 30.3 Å². The fourth-order valence-corrected chi connectivity index (χ4v) is 1.42. The maximum absolute atomic E-state index is 7.39. The standard InChI is InChI=1S/C10H11N3O/c11-10(12)8-6-14-13-9(8)7-4-2-1-3-5-7/h1-5,8H,6H2,(H3,11,12). The van der Waals surface area contributed by atoms with E-state index in [0.29, 0.717) is 6.61 Å². The lowest BCUT2D eigenvalue weighted by Gasteiger charge is -2.07. The van der Waals surface area contributed by atoms with E-state index in [0.717, 1.165) is 11.3 Å². The van der Waals surface area contributed by atoms with Crippen molar-refractivity contribution >= 4 is 11.5 Å². The van der Waals surface area contributed by atoms with Gasteiger partial charge in [-0.25, -0.2) is 0 Å². The highest BCUT2D eigenvalue weighted by Crippen LogP contribution is 2.16. The van der Waals surface area contributed by atoms with E-state index < -0.39 is 0 Å². The molecule has 0 bridgehead atoms. The van der Waals surface area contributed by atoms with Gasteiger partial charge in [-0.1, -0.05) is 35.5 Å². The highest BCUT2D eigenvalue weighted by molar-refractivity contribution is 6.13. The molecular formula is C10H11N3O. The summed E-state index contributed by atoms with van der Waals surface area (Å²) >= 11 is 0. The van der Waals surface area contributed by atoms with Crippen molar-refractivity contribution in [1.82, 2.24) is 0 Å². The Balaban J connectivity index is 2.31. The molecule has 0 radical (unpaired) electrons. The van der Waals surface area contributed by atoms with E-state index in [9.17, 15) is 0 Å². The molecule has 0 amide bonds. The van der Waals surface area contributed by atoms with E-state index in [1.54, 1.807) is 0 Å². The van der Waals surface area contributed by atoms with Gasteiger partial charge in [-0.15, -0.1) is 0 Å². The minimum atomic E-state index is -0.197. The third kappa shape index (κ3) is 1.46. The summed E-state index contributed by atoms with van der Waals surface area (Å²) in [5.74, 6) is -0.0949. The first-order valence-corrected chi connectivity index (χ1v) is 4.38. The number of amidine groups is 1. The Morgan fingerprint density at radius 3 is 2.79 bits per heavy atom. The largest absolute Gasteiger partial charge is 0.394 e. The molecule has 1 aliphatic heterocycles. The van der Waals surface area contributed by atoms with Gasteiger partial charge in [0.15, 0.2) is 0 Å². The molecule has 0 fully saturated rings. The van der Waals surface area contributed by atoms with Crippen LogP contribution >= 0.6 is 0 Å². The number of benzene rings is 1. The maximum atomic E-state index is 7.39. The molecule has 1 aromatic carbocycles. The molecule has 1 unspecified atom stereocenters. The first kappa shape index (κ1) is 8.74. The number of hydrogen-bond acceptors (Lipinski definition) is 3. The van der Waals surface area contributed by atoms with Gasteiger partial charge >= 0.3 is 0 Å². The van der Waals surface area contributed by atoms with Crippen molar-refractivity contribution < 1.29 is 4.84 Å². The molecule has 0 saturated heterocycles. The van der Waals surface area contributed by atoms with Crippen molar-refractivity contribution in [1.29, 1.82) is 5.41 Å². The zero-order valence-corrected chi connectivity index (χ0v) is 7.60. The van der Waals surface area contributed by atoms with Gasteiger partial charge in [-0.05, 0) is 0 Å². The molecule has 14 heavy (non-hydrogen) atoms. The number of oxime groups is 1. The predicted molar refractivity (Wildman–Crippen MR) is 54.3 cm³/mol. The normalized spacial score (nSPS) is 20.0. The number of rotatable bonds is 2. The summed E-state index contributed by atoms with van der Waals surface area (Å²) in [7, 11) is 0. The molecule has 2 rings (SSSR count). The van der Waals surface area contributed by atoms with E-state index in [-0.39, 0.29) is 11.8 Å². The van der Waals surface area contributed by atoms with Gasteiger partial charge in [0.05, 0.1) is 5.92 Å². The summed E-state index contributed by atoms with van der Waals surface area (Å²) in [6.07, 6.45) is 0. The van der Waals surface area contributed by atoms with E-state index in [4.69, 9.17) is 16.0 Å². The summed E-state index contributed by atoms with van der Waals surface area (Å²) in [6.45, 7) is 0.375. The molecule has 4 heteroatoms. The second kappa shape index (κ2) is 3.49. The van der Waals surface area contributed by atoms with Gasteiger partial charge in [0.2, 0.25) is 0 Å². The molecule has 0 saturated carbocycles. The molecule has 4 nitrogen and oxygen atoms in total. The number of nitrogens with one attached hydrogen (secondary N) is 1. The molecule has 0 aliphatic carbocycles. The van der Waals surface area contributed by atoms with Gasteiger partial charge < -0.3 is 10.6 Å². The zero-order valence-electron chi connectivity index (χ0n) is 7.60. The van der Waals surface area contributed by atoms with Crippen LogP contribution in [0.4, 0.5) is 0 Å². The van der Waals surface area contributed by atoms with Crippen LogP contribution in [-0.4, -0.2) is 18.2 Å². The third-order valence-electron chi connectivity index (χ3n) is 2.18. The predicted octanol–water partition coefficient (Wildman–Crippen LogP) is 0.973. The average Bonchev–Trinajstić information content (AvgIpc) is 2.67. The second-order valence-corrected chi connectivity index (χ2v) is 3.15. The summed E-state index contributed by atoms with van der Waals surface area (Å²) in [5.41, 5.74) is 7.16. The second-order valence-electron chi connectivity index (χ2n) is 3.15. The Bertz CT molecular complexity index is 372. The van der Waals surface area contributed by atoms with Crippen LogP contribution in [0, 0.1) is 11.3 Å². The minimum Gasteiger partial charge on any atom is -0.394 e. The molecule has 72 valence electrons. The van der Waals surface area contributed by atoms with Gasteiger partial charge in [-0.2, -0.15) is 0 Å². The van der Waals surface area contributed by atoms with E-state index >= 15 is 0 Å². The van der Waals surface area contributed by atoms with Crippen molar-refractivity contribution in [2.24, 2.45) is 16.8 Å². The van der Waals surface area contributed by atoms with Crippen molar-refractivity contribution in [3.05, 3.63) is 35.9 Å². The first-order chi connectivity index (χ1) is 6.79. The average molecular weight is 189 g/mol. The zero-order chi connectivity index (χ0) is 9.97. The lowest BCUT2D eigenvalue weighted by Crippen LogP contribution is -2.30. The van der Waals surface area contributed by atoms with Crippen LogP contribution in [0.25, 0.3) is 0 Å². The number of nitrogens with zero attached hydrogens (tertiary/aromatic N) is 1. The first-order valence-electron chi connectivity index (χ1n) is 4.38. The van der Waals surface area contributed by atoms with Crippen LogP contribution in [0.5, 0.6) is 0 Å². The van der Waals surface area contributed by atoms with Gasteiger partial charge in [0.1, 0.15) is 18.2 Å². The Kier molecular flexibility index (Phi) is 2.18. The quantitative estimate of drug-likeness (QED) is 0.537. The molecule has 0 spiro atoms. The van der Waals surface area contributed by atoms with E-state index in [2.05, 4.69) is 5.16 Å². The van der Waals surface area contributed by atoms with Crippen LogP contribution in [0.2, 0.25) is 0 Å². The van der Waals surface area contributed by atoms with Crippen molar-refractivity contribution in [2.45, 2.75) is 0 Å². The molecule has 3 N–H and O–H groups in total. The monoisotopic (exact) mass is 189 g/mol. The molecule has 1 aliphatic rings. The van der Waals surface area contributed by atoms with Gasteiger partial charge in [0, 0.05) is 5.56 Å². The van der Waals surface area contributed by atoms with Crippen molar-refractivity contribution in [3.63, 3.8) is 0 Å². The third-order valence-corrected chi connectivity index (χ3v) is 2.18. The van der Waals surface area contributed by atoms with Crippen LogP contribution in [0.1, 0.15) is 5.56 Å².